The van der Waals surface area contributed by atoms with Gasteiger partial charge in [0.05, 0.1) is 18.8 Å². The number of hydrogen-bond donors (Lipinski definition) is 2. The predicted molar refractivity (Wildman–Crippen MR) is 106 cm³/mol. The number of fused-ring (bicyclic) bond motifs is 1. The van der Waals surface area contributed by atoms with Gasteiger partial charge in [0, 0.05) is 13.2 Å². The molecule has 1 saturated heterocycles. The van der Waals surface area contributed by atoms with Crippen LogP contribution in [0.3, 0.4) is 0 Å². The van der Waals surface area contributed by atoms with Crippen molar-refractivity contribution in [3.63, 3.8) is 0 Å². The highest BCUT2D eigenvalue weighted by atomic mass is 32.2. The maximum Gasteiger partial charge on any atom is 0.236 e. The van der Waals surface area contributed by atoms with E-state index in [0.29, 0.717) is 18.3 Å². The van der Waals surface area contributed by atoms with Crippen LogP contribution in [0.15, 0.2) is 29.4 Å². The molecule has 8 nitrogen and oxygen atoms in total. The lowest BCUT2D eigenvalue weighted by Crippen LogP contribution is -2.45. The second-order valence-electron chi connectivity index (χ2n) is 6.89. The fourth-order valence-corrected chi connectivity index (χ4v) is 4.62. The van der Waals surface area contributed by atoms with Crippen LogP contribution in [-0.4, -0.2) is 51.9 Å². The number of aryl methyl sites for hydroxylation is 1. The molecule has 0 spiro atoms. The van der Waals surface area contributed by atoms with Crippen molar-refractivity contribution in [3.05, 3.63) is 35.7 Å². The zero-order valence-electron chi connectivity index (χ0n) is 16.1. The van der Waals surface area contributed by atoms with Crippen molar-refractivity contribution in [1.29, 1.82) is 0 Å². The van der Waals surface area contributed by atoms with E-state index >= 15 is 0 Å². The minimum absolute atomic E-state index is 0.0289. The number of amides is 1. The van der Waals surface area contributed by atoms with Gasteiger partial charge in [-0.3, -0.25) is 4.79 Å². The van der Waals surface area contributed by atoms with Crippen molar-refractivity contribution in [2.75, 3.05) is 25.2 Å². The summed E-state index contributed by atoms with van der Waals surface area (Å²) >= 11 is 1.43. The lowest BCUT2D eigenvalue weighted by molar-refractivity contribution is -0.121. The molecule has 0 saturated carbocycles. The third-order valence-corrected chi connectivity index (χ3v) is 6.15. The Labute approximate surface area is 168 Å². The van der Waals surface area contributed by atoms with Gasteiger partial charge in [0.1, 0.15) is 16.8 Å². The summed E-state index contributed by atoms with van der Waals surface area (Å²) < 4.78 is 13.0. The Morgan fingerprint density at radius 3 is 2.93 bits per heavy atom. The van der Waals surface area contributed by atoms with Crippen LogP contribution in [0.25, 0.3) is 0 Å². The van der Waals surface area contributed by atoms with Crippen LogP contribution >= 0.6 is 11.8 Å². The molecule has 150 valence electrons. The van der Waals surface area contributed by atoms with Crippen LogP contribution in [-0.2, 0) is 9.53 Å². The molecule has 1 fully saturated rings. The zero-order valence-corrected chi connectivity index (χ0v) is 16.9. The molecule has 4 rings (SSSR count). The number of rotatable bonds is 6. The first-order valence-electron chi connectivity index (χ1n) is 9.63. The molecule has 2 N–H and O–H groups in total. The van der Waals surface area contributed by atoms with Gasteiger partial charge < -0.3 is 20.2 Å². The summed E-state index contributed by atoms with van der Waals surface area (Å²) in [6.07, 6.45) is 2.16. The number of carbonyl (C=O) groups excluding carboxylic acids is 1. The van der Waals surface area contributed by atoms with E-state index in [1.165, 1.54) is 11.8 Å². The molecular weight excluding hydrogens is 378 g/mol. The van der Waals surface area contributed by atoms with Crippen LogP contribution in [0.2, 0.25) is 0 Å². The normalized spacial score (nSPS) is 23.7. The van der Waals surface area contributed by atoms with Gasteiger partial charge in [0.2, 0.25) is 11.1 Å². The van der Waals surface area contributed by atoms with Gasteiger partial charge in [-0.05, 0) is 44.4 Å². The van der Waals surface area contributed by atoms with E-state index in [4.69, 9.17) is 9.47 Å². The molecule has 0 unspecified atom stereocenters. The summed E-state index contributed by atoms with van der Waals surface area (Å²) in [5.74, 6) is 1.55. The number of aromatic nitrogens is 3. The Hall–Kier alpha value is -2.26. The van der Waals surface area contributed by atoms with Crippen molar-refractivity contribution >= 4 is 17.7 Å². The summed E-state index contributed by atoms with van der Waals surface area (Å²) in [5, 5.41) is 11.7. The van der Waals surface area contributed by atoms with Gasteiger partial charge in [-0.2, -0.15) is 0 Å². The standard InChI is InChI=1S/C19H25N5O3S/c1-3-26-14-8-6-13(7-9-14)16-17(18(25)20-11-15-5-4-10-27-15)28-19-22-21-12(2)24(19)23-16/h6-9,15-17,23H,3-5,10-11H2,1-2H3,(H,20,25)/t15-,16+,17-/m1/s1. The molecule has 0 aliphatic carbocycles. The van der Waals surface area contributed by atoms with E-state index < -0.39 is 0 Å². The number of benzene rings is 1. The molecule has 3 heterocycles. The van der Waals surface area contributed by atoms with Crippen molar-refractivity contribution < 1.29 is 14.3 Å². The van der Waals surface area contributed by atoms with E-state index in [-0.39, 0.29) is 23.3 Å². The Bertz CT molecular complexity index is 819. The molecule has 9 heteroatoms. The molecular formula is C19H25N5O3S. The highest BCUT2D eigenvalue weighted by molar-refractivity contribution is 8.00. The number of hydrogen-bond acceptors (Lipinski definition) is 7. The van der Waals surface area contributed by atoms with Crippen LogP contribution in [0, 0.1) is 6.92 Å². The largest absolute Gasteiger partial charge is 0.494 e. The number of nitrogens with one attached hydrogen (secondary N) is 2. The average Bonchev–Trinajstić information content (AvgIpc) is 3.36. The van der Waals surface area contributed by atoms with Gasteiger partial charge in [-0.25, -0.2) is 4.68 Å². The Morgan fingerprint density at radius 2 is 2.21 bits per heavy atom. The van der Waals surface area contributed by atoms with Crippen LogP contribution in [0.4, 0.5) is 0 Å². The van der Waals surface area contributed by atoms with E-state index in [9.17, 15) is 4.79 Å². The quantitative estimate of drug-likeness (QED) is 0.763. The summed E-state index contributed by atoms with van der Waals surface area (Å²) in [5.41, 5.74) is 4.42. The van der Waals surface area contributed by atoms with Gasteiger partial charge in [-0.1, -0.05) is 23.9 Å². The molecule has 1 aromatic carbocycles. The zero-order chi connectivity index (χ0) is 19.5. The first kappa shape index (κ1) is 19.1. The van der Waals surface area contributed by atoms with Crippen LogP contribution in [0.5, 0.6) is 5.75 Å². The first-order chi connectivity index (χ1) is 13.7. The molecule has 1 aromatic heterocycles. The molecule has 0 radical (unpaired) electrons. The Balaban J connectivity index is 1.54. The number of thioether (sulfide) groups is 1. The van der Waals surface area contributed by atoms with Crippen LogP contribution < -0.4 is 15.5 Å². The highest BCUT2D eigenvalue weighted by Crippen LogP contribution is 2.37. The monoisotopic (exact) mass is 403 g/mol. The third-order valence-electron chi connectivity index (χ3n) is 4.94. The summed E-state index contributed by atoms with van der Waals surface area (Å²) in [6, 6.07) is 7.64. The lowest BCUT2D eigenvalue weighted by Gasteiger charge is -2.33. The van der Waals surface area contributed by atoms with Gasteiger partial charge in [-0.15, -0.1) is 10.2 Å². The van der Waals surface area contributed by atoms with Crippen molar-refractivity contribution in [2.45, 2.75) is 49.2 Å². The lowest BCUT2D eigenvalue weighted by atomic mass is 10.0. The highest BCUT2D eigenvalue weighted by Gasteiger charge is 2.37. The molecule has 0 bridgehead atoms. The number of nitrogens with zero attached hydrogens (tertiary/aromatic N) is 3. The molecule has 28 heavy (non-hydrogen) atoms. The summed E-state index contributed by atoms with van der Waals surface area (Å²) in [6.45, 7) is 5.78. The van der Waals surface area contributed by atoms with Gasteiger partial charge in [0.25, 0.3) is 0 Å². The minimum Gasteiger partial charge on any atom is -0.494 e. The van der Waals surface area contributed by atoms with E-state index in [1.54, 1.807) is 0 Å². The molecule has 2 aromatic rings. The van der Waals surface area contributed by atoms with Crippen molar-refractivity contribution in [2.24, 2.45) is 0 Å². The third kappa shape index (κ3) is 3.95. The summed E-state index contributed by atoms with van der Waals surface area (Å²) in [7, 11) is 0. The van der Waals surface area contributed by atoms with E-state index in [1.807, 2.05) is 42.8 Å². The van der Waals surface area contributed by atoms with E-state index in [0.717, 1.165) is 36.6 Å². The second-order valence-corrected chi connectivity index (χ2v) is 8.00. The summed E-state index contributed by atoms with van der Waals surface area (Å²) in [4.78, 5) is 13.0. The minimum atomic E-state index is -0.365. The van der Waals surface area contributed by atoms with Gasteiger partial charge >= 0.3 is 0 Å². The first-order valence-corrected chi connectivity index (χ1v) is 10.5. The average molecular weight is 404 g/mol. The SMILES string of the molecule is CCOc1ccc([C@@H]2Nn3c(C)nnc3S[C@H]2C(=O)NC[C@H]2CCCO2)cc1. The smallest absolute Gasteiger partial charge is 0.236 e. The molecule has 2 aliphatic heterocycles. The van der Waals surface area contributed by atoms with Gasteiger partial charge in [0.15, 0.2) is 0 Å². The fraction of sp³-hybridized carbons (Fsp3) is 0.526. The molecule has 2 aliphatic rings. The van der Waals surface area contributed by atoms with Crippen molar-refractivity contribution in [1.82, 2.24) is 20.2 Å². The van der Waals surface area contributed by atoms with E-state index in [2.05, 4.69) is 20.9 Å². The maximum atomic E-state index is 13.0. The van der Waals surface area contributed by atoms with Crippen LogP contribution in [0.1, 0.15) is 37.2 Å². The second kappa shape index (κ2) is 8.40. The topological polar surface area (TPSA) is 90.3 Å². The fourth-order valence-electron chi connectivity index (χ4n) is 3.47. The maximum absolute atomic E-state index is 13.0. The molecule has 1 amide bonds. The number of carbonyl (C=O) groups is 1. The Morgan fingerprint density at radius 1 is 1.39 bits per heavy atom. The number of ether oxygens (including phenoxy) is 2. The predicted octanol–water partition coefficient (Wildman–Crippen LogP) is 2.04. The molecule has 3 atom stereocenters. The van der Waals surface area contributed by atoms with Crippen molar-refractivity contribution in [3.8, 4) is 5.75 Å². The Kier molecular flexibility index (Phi) is 5.72.